The first kappa shape index (κ1) is 24.3. The quantitative estimate of drug-likeness (QED) is 0.410. The van der Waals surface area contributed by atoms with E-state index in [1.54, 1.807) is 42.3 Å². The van der Waals surface area contributed by atoms with Crippen LogP contribution in [0.3, 0.4) is 0 Å². The van der Waals surface area contributed by atoms with Crippen molar-refractivity contribution in [2.75, 3.05) is 42.3 Å². The zero-order chi connectivity index (χ0) is 16.8. The zero-order valence-electron chi connectivity index (χ0n) is 15.1. The summed E-state index contributed by atoms with van der Waals surface area (Å²) in [5.41, 5.74) is 5.51. The standard InChI is InChI=1S/C13H9.3C2H6N.Ti/c1-3-7-12-10(5-1)9-11-6-2-4-8-13(11)12;3*1-3-2;/h1-5,7-8H,9H2;3*1-2H3;/q4*-1;+4. The SMILES string of the molecule is C[N-]C.C[N-]C.C[N-]C.[Ti+4].[c-]1cccc2c1Cc1ccccc1-2. The Balaban J connectivity index is 0. The summed E-state index contributed by atoms with van der Waals surface area (Å²) in [5, 5.41) is 10.5. The second-order valence-corrected chi connectivity index (χ2v) is 4.74. The van der Waals surface area contributed by atoms with Crippen LogP contribution in [0.4, 0.5) is 0 Å². The first-order chi connectivity index (χ1) is 10.7. The van der Waals surface area contributed by atoms with Crippen molar-refractivity contribution < 1.29 is 21.7 Å². The van der Waals surface area contributed by atoms with Gasteiger partial charge in [0.25, 0.3) is 0 Å². The molecule has 2 aromatic rings. The van der Waals surface area contributed by atoms with E-state index in [9.17, 15) is 0 Å². The fraction of sp³-hybridized carbons (Fsp3) is 0.368. The van der Waals surface area contributed by atoms with Gasteiger partial charge in [0.05, 0.1) is 0 Å². The molecule has 2 aromatic carbocycles. The first-order valence-corrected chi connectivity index (χ1v) is 7.21. The van der Waals surface area contributed by atoms with Gasteiger partial charge in [-0.25, -0.2) is 0 Å². The maximum atomic E-state index is 3.50. The monoisotopic (exact) mass is 345 g/mol. The van der Waals surface area contributed by atoms with Gasteiger partial charge in [-0.1, -0.05) is 35.4 Å². The van der Waals surface area contributed by atoms with Gasteiger partial charge >= 0.3 is 21.7 Å². The number of nitrogens with zero attached hydrogens (tertiary/aromatic N) is 3. The van der Waals surface area contributed by atoms with Crippen LogP contribution in [0.2, 0.25) is 0 Å². The molecule has 23 heavy (non-hydrogen) atoms. The molecule has 4 heteroatoms. The van der Waals surface area contributed by atoms with Gasteiger partial charge in [-0.05, 0) is 6.42 Å². The van der Waals surface area contributed by atoms with E-state index in [0.717, 1.165) is 6.42 Å². The summed E-state index contributed by atoms with van der Waals surface area (Å²) in [6.07, 6.45) is 1.05. The van der Waals surface area contributed by atoms with E-state index in [1.165, 1.54) is 22.3 Å². The molecule has 3 nitrogen and oxygen atoms in total. The summed E-state index contributed by atoms with van der Waals surface area (Å²) in [4.78, 5) is 0. The molecule has 0 atom stereocenters. The minimum atomic E-state index is 0. The minimum absolute atomic E-state index is 0. The Bertz CT molecular complexity index is 467. The topological polar surface area (TPSA) is 42.3 Å². The number of benzene rings is 2. The van der Waals surface area contributed by atoms with Gasteiger partial charge in [0, 0.05) is 0 Å². The average molecular weight is 345 g/mol. The van der Waals surface area contributed by atoms with Crippen molar-refractivity contribution in [1.82, 2.24) is 0 Å². The van der Waals surface area contributed by atoms with Crippen LogP contribution in [-0.2, 0) is 28.1 Å². The van der Waals surface area contributed by atoms with E-state index < -0.39 is 0 Å². The normalized spacial score (nSPS) is 9.30. The first-order valence-electron chi connectivity index (χ1n) is 7.21. The summed E-state index contributed by atoms with van der Waals surface area (Å²) in [6, 6.07) is 18.1. The molecule has 0 amide bonds. The Morgan fingerprint density at radius 2 is 1.22 bits per heavy atom. The molecule has 0 unspecified atom stereocenters. The van der Waals surface area contributed by atoms with Gasteiger partial charge in [0.1, 0.15) is 0 Å². The third-order valence-electron chi connectivity index (χ3n) is 2.62. The molecule has 1 aliphatic carbocycles. The number of hydrogen-bond donors (Lipinski definition) is 0. The summed E-state index contributed by atoms with van der Waals surface area (Å²) >= 11 is 0. The van der Waals surface area contributed by atoms with Crippen molar-refractivity contribution >= 4 is 0 Å². The van der Waals surface area contributed by atoms with Crippen molar-refractivity contribution in [3.8, 4) is 11.1 Å². The largest absolute Gasteiger partial charge is 4.00 e. The Labute approximate surface area is 157 Å². The fourth-order valence-electron chi connectivity index (χ4n) is 2.00. The molecule has 0 saturated heterocycles. The molecule has 122 valence electrons. The van der Waals surface area contributed by atoms with Gasteiger partial charge < -0.3 is 16.0 Å². The van der Waals surface area contributed by atoms with Crippen LogP contribution in [0.25, 0.3) is 27.1 Å². The van der Waals surface area contributed by atoms with Crippen molar-refractivity contribution in [2.24, 2.45) is 0 Å². The minimum Gasteiger partial charge on any atom is -0.668 e. The third-order valence-corrected chi connectivity index (χ3v) is 2.62. The smallest absolute Gasteiger partial charge is 0.668 e. The van der Waals surface area contributed by atoms with E-state index in [4.69, 9.17) is 0 Å². The summed E-state index contributed by atoms with van der Waals surface area (Å²) < 4.78 is 0. The average Bonchev–Trinajstić information content (AvgIpc) is 2.88. The molecule has 0 heterocycles. The van der Waals surface area contributed by atoms with Crippen molar-refractivity contribution in [3.05, 3.63) is 75.6 Å². The molecular formula is C19H27N3Ti. The maximum Gasteiger partial charge on any atom is 4.00 e. The van der Waals surface area contributed by atoms with Crippen LogP contribution < -0.4 is 0 Å². The van der Waals surface area contributed by atoms with Crippen molar-refractivity contribution in [1.29, 1.82) is 0 Å². The molecule has 0 radical (unpaired) electrons. The Kier molecular flexibility index (Phi) is 16.8. The Hall–Kier alpha value is -0.966. The van der Waals surface area contributed by atoms with Crippen LogP contribution in [0.1, 0.15) is 11.1 Å². The van der Waals surface area contributed by atoms with Gasteiger partial charge in [-0.2, -0.15) is 72.1 Å². The van der Waals surface area contributed by atoms with Crippen LogP contribution in [0.5, 0.6) is 0 Å². The predicted molar refractivity (Wildman–Crippen MR) is 99.1 cm³/mol. The maximum absolute atomic E-state index is 3.50. The second-order valence-electron chi connectivity index (χ2n) is 4.74. The molecule has 0 bridgehead atoms. The molecule has 0 saturated carbocycles. The van der Waals surface area contributed by atoms with Crippen molar-refractivity contribution in [3.63, 3.8) is 0 Å². The van der Waals surface area contributed by atoms with Crippen LogP contribution in [0.15, 0.2) is 42.5 Å². The summed E-state index contributed by atoms with van der Waals surface area (Å²) in [7, 11) is 10.5. The number of rotatable bonds is 0. The van der Waals surface area contributed by atoms with E-state index >= 15 is 0 Å². The molecule has 3 rings (SSSR count). The van der Waals surface area contributed by atoms with Gasteiger partial charge in [0.15, 0.2) is 0 Å². The van der Waals surface area contributed by atoms with E-state index in [0.29, 0.717) is 0 Å². The van der Waals surface area contributed by atoms with Crippen LogP contribution in [-0.4, -0.2) is 42.3 Å². The predicted octanol–water partition coefficient (Wildman–Crippen LogP) is 4.91. The third kappa shape index (κ3) is 9.04. The second kappa shape index (κ2) is 15.9. The number of fused-ring (bicyclic) bond motifs is 3. The molecule has 0 N–H and O–H groups in total. The van der Waals surface area contributed by atoms with E-state index in [-0.39, 0.29) is 21.7 Å². The van der Waals surface area contributed by atoms with Gasteiger partial charge in [-0.15, -0.1) is 5.56 Å². The Morgan fingerprint density at radius 1 is 0.739 bits per heavy atom. The summed E-state index contributed by atoms with van der Waals surface area (Å²) in [6.45, 7) is 0. The Morgan fingerprint density at radius 3 is 1.78 bits per heavy atom. The van der Waals surface area contributed by atoms with Crippen LogP contribution in [0, 0.1) is 6.07 Å². The number of hydrogen-bond acceptors (Lipinski definition) is 0. The van der Waals surface area contributed by atoms with Gasteiger partial charge in [-0.3, -0.25) is 0 Å². The van der Waals surface area contributed by atoms with E-state index in [2.05, 4.69) is 58.4 Å². The molecule has 0 aromatic heterocycles. The van der Waals surface area contributed by atoms with Crippen LogP contribution >= 0.6 is 0 Å². The van der Waals surface area contributed by atoms with Crippen molar-refractivity contribution in [2.45, 2.75) is 6.42 Å². The molecule has 0 spiro atoms. The molecule has 1 aliphatic rings. The zero-order valence-corrected chi connectivity index (χ0v) is 16.7. The van der Waals surface area contributed by atoms with E-state index in [1.807, 2.05) is 6.07 Å². The molecule has 0 aliphatic heterocycles. The summed E-state index contributed by atoms with van der Waals surface area (Å²) in [5.74, 6) is 0. The fourth-order valence-corrected chi connectivity index (χ4v) is 2.00. The molecular weight excluding hydrogens is 318 g/mol. The molecule has 0 fully saturated rings. The van der Waals surface area contributed by atoms with Gasteiger partial charge in [0.2, 0.25) is 0 Å².